The molecule has 6 nitrogen and oxygen atoms in total. The summed E-state index contributed by atoms with van der Waals surface area (Å²) in [7, 11) is 0. The molecular weight excluding hydrogens is 519 g/mol. The van der Waals surface area contributed by atoms with Gasteiger partial charge >= 0.3 is 18.1 Å². The molecule has 1 aromatic carbocycles. The number of hydrogen-bond acceptors (Lipinski definition) is 6. The predicted octanol–water partition coefficient (Wildman–Crippen LogP) is 6.44. The summed E-state index contributed by atoms with van der Waals surface area (Å²) in [5.41, 5.74) is 0.276. The highest BCUT2D eigenvalue weighted by molar-refractivity contribution is 7.12. The highest BCUT2D eigenvalue weighted by Gasteiger charge is 2.42. The third-order valence-electron chi connectivity index (χ3n) is 6.03. The zero-order valence-electron chi connectivity index (χ0n) is 18.7. The molecule has 1 atom stereocenters. The Morgan fingerprint density at radius 1 is 1.17 bits per heavy atom. The molecule has 36 heavy (non-hydrogen) atoms. The molecule has 1 unspecified atom stereocenters. The Morgan fingerprint density at radius 3 is 2.42 bits per heavy atom. The first-order chi connectivity index (χ1) is 16.8. The van der Waals surface area contributed by atoms with Crippen molar-refractivity contribution in [3.8, 4) is 11.4 Å². The Morgan fingerprint density at radius 2 is 1.86 bits per heavy atom. The van der Waals surface area contributed by atoms with Crippen LogP contribution in [0, 0.1) is 18.7 Å². The first kappa shape index (κ1) is 26.3. The van der Waals surface area contributed by atoms with E-state index in [4.69, 9.17) is 4.74 Å². The van der Waals surface area contributed by atoms with E-state index in [1.54, 1.807) is 6.92 Å². The van der Waals surface area contributed by atoms with Crippen LogP contribution in [0.2, 0.25) is 0 Å². The fourth-order valence-corrected chi connectivity index (χ4v) is 5.56. The molecule has 1 aliphatic carbocycles. The average molecular weight is 539 g/mol. The van der Waals surface area contributed by atoms with Gasteiger partial charge in [-0.3, -0.25) is 9.51 Å². The van der Waals surface area contributed by atoms with Gasteiger partial charge in [-0.1, -0.05) is 11.2 Å². The van der Waals surface area contributed by atoms with Crippen molar-refractivity contribution in [2.24, 2.45) is 5.92 Å². The molecule has 1 N–H and O–H groups in total. The Labute approximate surface area is 203 Å². The summed E-state index contributed by atoms with van der Waals surface area (Å²) in [6.07, 6.45) is -9.84. The summed E-state index contributed by atoms with van der Waals surface area (Å²) in [6, 6.07) is 3.52. The van der Waals surface area contributed by atoms with E-state index in [2.05, 4.69) is 19.6 Å². The van der Waals surface area contributed by atoms with Gasteiger partial charge in [0, 0.05) is 5.92 Å². The van der Waals surface area contributed by atoms with Crippen LogP contribution in [0.4, 0.5) is 30.7 Å². The van der Waals surface area contributed by atoms with Gasteiger partial charge in [0.05, 0.1) is 27.1 Å². The highest BCUT2D eigenvalue weighted by Crippen LogP contribution is 2.45. The van der Waals surface area contributed by atoms with Gasteiger partial charge < -0.3 is 4.74 Å². The van der Waals surface area contributed by atoms with Crippen LogP contribution in [0.25, 0.3) is 11.4 Å². The summed E-state index contributed by atoms with van der Waals surface area (Å²) in [4.78, 5) is 18.1. The van der Waals surface area contributed by atoms with E-state index >= 15 is 0 Å². The number of halogens is 7. The number of rotatable bonds is 6. The third kappa shape index (κ3) is 5.97. The van der Waals surface area contributed by atoms with E-state index in [0.29, 0.717) is 15.6 Å². The van der Waals surface area contributed by atoms with E-state index in [0.717, 1.165) is 17.4 Å². The van der Waals surface area contributed by atoms with E-state index < -0.39 is 42.6 Å². The predicted molar refractivity (Wildman–Crippen MR) is 114 cm³/mol. The fraction of sp³-hybridized carbons (Fsp3) is 0.500. The van der Waals surface area contributed by atoms with Gasteiger partial charge in [-0.15, -0.1) is 11.3 Å². The average Bonchev–Trinajstić information content (AvgIpc) is 3.38. The minimum atomic E-state index is -4.66. The van der Waals surface area contributed by atoms with Crippen LogP contribution in [0.1, 0.15) is 58.8 Å². The molecule has 0 amide bonds. The SMILES string of the molecule is Cc1nc(C2CCC(C(F)(F)F)CC2)sc1C(OCC(F)(F)F)c1ccc(-c2noc(=O)[nH]2)c(F)c1. The molecule has 2 aromatic heterocycles. The number of alkyl halides is 6. The molecule has 2 heterocycles. The second-order valence-corrected chi connectivity index (χ2v) is 9.64. The first-order valence-corrected chi connectivity index (χ1v) is 11.7. The molecule has 0 bridgehead atoms. The van der Waals surface area contributed by atoms with Crippen LogP contribution >= 0.6 is 11.3 Å². The van der Waals surface area contributed by atoms with E-state index in [1.165, 1.54) is 12.1 Å². The lowest BCUT2D eigenvalue weighted by atomic mass is 9.82. The molecule has 1 fully saturated rings. The number of H-pyrrole nitrogens is 1. The van der Waals surface area contributed by atoms with E-state index in [9.17, 15) is 35.5 Å². The summed E-state index contributed by atoms with van der Waals surface area (Å²) in [5.74, 6) is -3.62. The molecular formula is C22H20F7N3O3S. The molecule has 1 aliphatic rings. The van der Waals surface area contributed by atoms with Crippen LogP contribution < -0.4 is 5.76 Å². The van der Waals surface area contributed by atoms with Gasteiger partial charge in [0.2, 0.25) is 0 Å². The Kier molecular flexibility index (Phi) is 7.28. The van der Waals surface area contributed by atoms with Crippen molar-refractivity contribution < 1.29 is 40.0 Å². The minimum absolute atomic E-state index is 0.0487. The Balaban J connectivity index is 1.63. The van der Waals surface area contributed by atoms with E-state index in [-0.39, 0.29) is 48.6 Å². The number of benzene rings is 1. The molecule has 3 aromatic rings. The lowest BCUT2D eigenvalue weighted by Crippen LogP contribution is -2.27. The van der Waals surface area contributed by atoms with Crippen LogP contribution in [0.15, 0.2) is 27.5 Å². The number of aryl methyl sites for hydroxylation is 1. The van der Waals surface area contributed by atoms with Crippen LogP contribution in [0.3, 0.4) is 0 Å². The quantitative estimate of drug-likeness (QED) is 0.365. The molecule has 0 aliphatic heterocycles. The maximum Gasteiger partial charge on any atom is 0.439 e. The fourth-order valence-electron chi connectivity index (χ4n) is 4.25. The van der Waals surface area contributed by atoms with Crippen LogP contribution in [-0.4, -0.2) is 34.1 Å². The van der Waals surface area contributed by atoms with Gasteiger partial charge in [0.15, 0.2) is 5.82 Å². The lowest BCUT2D eigenvalue weighted by molar-refractivity contribution is -0.182. The maximum atomic E-state index is 14.8. The maximum absolute atomic E-state index is 14.8. The van der Waals surface area contributed by atoms with E-state index in [1.807, 2.05) is 0 Å². The number of thiazole rings is 1. The highest BCUT2D eigenvalue weighted by atomic mass is 32.1. The van der Waals surface area contributed by atoms with Gasteiger partial charge in [-0.05, 0) is 50.3 Å². The summed E-state index contributed by atoms with van der Waals surface area (Å²) in [5, 5.41) is 3.91. The monoisotopic (exact) mass is 539 g/mol. The lowest BCUT2D eigenvalue weighted by Gasteiger charge is -2.28. The van der Waals surface area contributed by atoms with Crippen molar-refractivity contribution >= 4 is 11.3 Å². The molecule has 1 saturated carbocycles. The summed E-state index contributed by atoms with van der Waals surface area (Å²) < 4.78 is 102. The second-order valence-electron chi connectivity index (χ2n) is 8.58. The van der Waals surface area contributed by atoms with Crippen molar-refractivity contribution in [1.29, 1.82) is 0 Å². The van der Waals surface area contributed by atoms with Gasteiger partial charge in [-0.25, -0.2) is 14.2 Å². The number of aromatic nitrogens is 3. The first-order valence-electron chi connectivity index (χ1n) is 10.9. The molecule has 0 saturated heterocycles. The van der Waals surface area contributed by atoms with Crippen molar-refractivity contribution in [2.45, 2.75) is 57.0 Å². The molecule has 4 rings (SSSR count). The molecule has 0 spiro atoms. The number of hydrogen-bond donors (Lipinski definition) is 1. The molecule has 14 heteroatoms. The number of nitrogens with one attached hydrogen (secondary N) is 1. The van der Waals surface area contributed by atoms with Crippen LogP contribution in [0.5, 0.6) is 0 Å². The van der Waals surface area contributed by atoms with Crippen molar-refractivity contribution in [1.82, 2.24) is 15.1 Å². The van der Waals surface area contributed by atoms with Gasteiger partial charge in [-0.2, -0.15) is 26.3 Å². The number of nitrogens with zero attached hydrogens (tertiary/aromatic N) is 2. The van der Waals surface area contributed by atoms with Gasteiger partial charge in [0.25, 0.3) is 0 Å². The normalized spacial score (nSPS) is 20.0. The topological polar surface area (TPSA) is 81.0 Å². The molecule has 196 valence electrons. The summed E-state index contributed by atoms with van der Waals surface area (Å²) in [6.45, 7) is -0.0491. The number of ether oxygens (including phenoxy) is 1. The summed E-state index contributed by atoms with van der Waals surface area (Å²) >= 11 is 1.06. The van der Waals surface area contributed by atoms with Crippen molar-refractivity contribution in [3.63, 3.8) is 0 Å². The Bertz CT molecular complexity index is 1260. The van der Waals surface area contributed by atoms with Gasteiger partial charge in [0.1, 0.15) is 18.5 Å². The largest absolute Gasteiger partial charge is 0.439 e. The second kappa shape index (κ2) is 9.96. The third-order valence-corrected chi connectivity index (χ3v) is 7.39. The molecule has 0 radical (unpaired) electrons. The standard InChI is InChI=1S/C22H20F7N3O3S/c1-10-17(36-19(30-10)11-2-5-13(6-3-11)22(27,28)29)16(34-9-21(24,25)26)12-4-7-14(15(23)8-12)18-31-20(33)35-32-18/h4,7-8,11,13,16H,2-3,5-6,9H2,1H3,(H,31,32,33). The minimum Gasteiger partial charge on any atom is -0.358 e. The number of aromatic amines is 1. The smallest absolute Gasteiger partial charge is 0.358 e. The Hall–Kier alpha value is -2.74. The zero-order chi connectivity index (χ0) is 26.3. The van der Waals surface area contributed by atoms with Crippen molar-refractivity contribution in [2.75, 3.05) is 6.61 Å². The van der Waals surface area contributed by atoms with Crippen molar-refractivity contribution in [3.05, 3.63) is 55.7 Å². The zero-order valence-corrected chi connectivity index (χ0v) is 19.5. The van der Waals surface area contributed by atoms with Crippen LogP contribution in [-0.2, 0) is 4.74 Å².